The zero-order valence-electron chi connectivity index (χ0n) is 10.2. The van der Waals surface area contributed by atoms with E-state index in [9.17, 15) is 4.21 Å². The van der Waals surface area contributed by atoms with Crippen LogP contribution < -0.4 is 0 Å². The lowest BCUT2D eigenvalue weighted by atomic mass is 10.4. The Bertz CT molecular complexity index is 467. The van der Waals surface area contributed by atoms with Gasteiger partial charge in [-0.3, -0.25) is 0 Å². The predicted molar refractivity (Wildman–Crippen MR) is 86.7 cm³/mol. The second kappa shape index (κ2) is 8.07. The van der Waals surface area contributed by atoms with Crippen molar-refractivity contribution in [2.45, 2.75) is 16.3 Å². The van der Waals surface area contributed by atoms with Gasteiger partial charge in [0.15, 0.2) is 0 Å². The molecule has 6 heteroatoms. The first-order valence-corrected chi connectivity index (χ1v) is 12.1. The van der Waals surface area contributed by atoms with Crippen LogP contribution >= 0.6 is 33.2 Å². The van der Waals surface area contributed by atoms with Gasteiger partial charge in [0.05, 0.1) is 10.8 Å². The largest absolute Gasteiger partial charge is 0.338 e. The summed E-state index contributed by atoms with van der Waals surface area (Å²) in [6.07, 6.45) is 0. The first kappa shape index (κ1) is 16.7. The molecule has 0 bridgehead atoms. The molecule has 0 N–H and O–H groups in total. The van der Waals surface area contributed by atoms with Crippen molar-refractivity contribution < 1.29 is 4.21 Å². The SMILES string of the molecule is C[Si](Cl)(Cl)Cl.O=S(c1ccccc1)c1ccccc1. The number of benzene rings is 2. The molecule has 0 atom stereocenters. The summed E-state index contributed by atoms with van der Waals surface area (Å²) in [6, 6.07) is 16.8. The van der Waals surface area contributed by atoms with Crippen molar-refractivity contribution in [2.75, 3.05) is 0 Å². The Morgan fingerprint density at radius 2 is 1.05 bits per heavy atom. The van der Waals surface area contributed by atoms with E-state index in [0.29, 0.717) is 0 Å². The van der Waals surface area contributed by atoms with Crippen molar-refractivity contribution in [3.8, 4) is 0 Å². The molecule has 0 aromatic heterocycles. The maximum atomic E-state index is 12.0. The summed E-state index contributed by atoms with van der Waals surface area (Å²) in [5.74, 6) is 0. The third-order valence-electron chi connectivity index (χ3n) is 1.91. The van der Waals surface area contributed by atoms with Gasteiger partial charge in [0.25, 0.3) is 0 Å². The second-order valence-corrected chi connectivity index (χ2v) is 15.3. The van der Waals surface area contributed by atoms with Gasteiger partial charge in [0, 0.05) is 9.79 Å². The molecule has 19 heavy (non-hydrogen) atoms. The summed E-state index contributed by atoms with van der Waals surface area (Å²) >= 11 is 15.6. The van der Waals surface area contributed by atoms with Crippen LogP contribution in [0.15, 0.2) is 70.5 Å². The van der Waals surface area contributed by atoms with Gasteiger partial charge in [-0.2, -0.15) is 0 Å². The molecular weight excluding hydrogens is 339 g/mol. The Hall–Kier alpha value is -0.323. The first-order valence-electron chi connectivity index (χ1n) is 5.46. The molecule has 0 saturated heterocycles. The second-order valence-electron chi connectivity index (χ2n) is 3.68. The highest BCUT2D eigenvalue weighted by Crippen LogP contribution is 2.17. The van der Waals surface area contributed by atoms with Crippen molar-refractivity contribution in [3.63, 3.8) is 0 Å². The van der Waals surface area contributed by atoms with E-state index >= 15 is 0 Å². The van der Waals surface area contributed by atoms with Crippen LogP contribution in [0, 0.1) is 0 Å². The Morgan fingerprint density at radius 3 is 1.32 bits per heavy atom. The van der Waals surface area contributed by atoms with Crippen LogP contribution in [-0.2, 0) is 10.8 Å². The minimum absolute atomic E-state index is 0.846. The molecule has 0 fully saturated rings. The van der Waals surface area contributed by atoms with Gasteiger partial charge in [-0.1, -0.05) is 36.4 Å². The van der Waals surface area contributed by atoms with Crippen molar-refractivity contribution in [2.24, 2.45) is 0 Å². The third kappa shape index (κ3) is 7.75. The highest BCUT2D eigenvalue weighted by molar-refractivity contribution is 7.85. The highest BCUT2D eigenvalue weighted by Gasteiger charge is 2.13. The summed E-state index contributed by atoms with van der Waals surface area (Å²) in [7, 11) is -1.05. The fourth-order valence-corrected chi connectivity index (χ4v) is 2.31. The molecule has 1 nitrogen and oxygen atoms in total. The quantitative estimate of drug-likeness (QED) is 0.542. The number of hydrogen-bond acceptors (Lipinski definition) is 1. The van der Waals surface area contributed by atoms with Gasteiger partial charge in [-0.25, -0.2) is 4.21 Å². The molecule has 102 valence electrons. The maximum Gasteiger partial charge on any atom is 0.338 e. The van der Waals surface area contributed by atoms with E-state index in [1.54, 1.807) is 6.55 Å². The summed E-state index contributed by atoms with van der Waals surface area (Å²) in [6.45, 7) is 1.62. The fourth-order valence-electron chi connectivity index (χ4n) is 1.22. The third-order valence-corrected chi connectivity index (χ3v) is 3.32. The van der Waals surface area contributed by atoms with Gasteiger partial charge in [0.1, 0.15) is 0 Å². The molecule has 2 aromatic carbocycles. The van der Waals surface area contributed by atoms with E-state index in [-0.39, 0.29) is 0 Å². The fraction of sp³-hybridized carbons (Fsp3) is 0.0769. The van der Waals surface area contributed by atoms with Gasteiger partial charge >= 0.3 is 6.00 Å². The first-order chi connectivity index (χ1) is 8.88. The zero-order valence-corrected chi connectivity index (χ0v) is 14.3. The van der Waals surface area contributed by atoms with E-state index in [4.69, 9.17) is 33.2 Å². The maximum absolute atomic E-state index is 12.0. The molecule has 0 aliphatic rings. The van der Waals surface area contributed by atoms with Crippen molar-refractivity contribution in [1.82, 2.24) is 0 Å². The minimum atomic E-state index is -2.19. The Balaban J connectivity index is 0.000000312. The molecule has 0 spiro atoms. The van der Waals surface area contributed by atoms with E-state index in [1.807, 2.05) is 60.7 Å². The van der Waals surface area contributed by atoms with Crippen LogP contribution in [0.25, 0.3) is 0 Å². The average molecular weight is 352 g/mol. The van der Waals surface area contributed by atoms with Gasteiger partial charge in [-0.05, 0) is 30.8 Å². The van der Waals surface area contributed by atoms with Gasteiger partial charge in [-0.15, -0.1) is 33.2 Å². The molecule has 2 aromatic rings. The van der Waals surface area contributed by atoms with E-state index in [1.165, 1.54) is 0 Å². The van der Waals surface area contributed by atoms with Crippen LogP contribution in [0.5, 0.6) is 0 Å². The number of hydrogen-bond donors (Lipinski definition) is 0. The lowest BCUT2D eigenvalue weighted by molar-refractivity contribution is 0.683. The monoisotopic (exact) mass is 350 g/mol. The van der Waals surface area contributed by atoms with Crippen molar-refractivity contribution in [1.29, 1.82) is 0 Å². The van der Waals surface area contributed by atoms with Crippen LogP contribution in [0.3, 0.4) is 0 Å². The molecule has 0 aliphatic heterocycles. The lowest BCUT2D eigenvalue weighted by Crippen LogP contribution is -1.97. The van der Waals surface area contributed by atoms with Crippen LogP contribution in [-0.4, -0.2) is 10.2 Å². The smallest absolute Gasteiger partial charge is 0.249 e. The van der Waals surface area contributed by atoms with E-state index < -0.39 is 16.8 Å². The van der Waals surface area contributed by atoms with Gasteiger partial charge in [0.2, 0.25) is 0 Å². The summed E-state index contributed by atoms with van der Waals surface area (Å²) in [4.78, 5) is 1.69. The zero-order chi connectivity index (χ0) is 14.3. The molecule has 0 radical (unpaired) electrons. The Labute approximate surface area is 131 Å². The summed E-state index contributed by atoms with van der Waals surface area (Å²) in [5, 5.41) is 0. The molecule has 0 amide bonds. The Morgan fingerprint density at radius 1 is 0.789 bits per heavy atom. The van der Waals surface area contributed by atoms with Crippen LogP contribution in [0.4, 0.5) is 0 Å². The number of halogens is 3. The van der Waals surface area contributed by atoms with Crippen molar-refractivity contribution in [3.05, 3.63) is 60.7 Å². The molecular formula is C13H13Cl3OSSi. The molecule has 2 rings (SSSR count). The van der Waals surface area contributed by atoms with Crippen LogP contribution in [0.1, 0.15) is 0 Å². The average Bonchev–Trinajstić information content (AvgIpc) is 2.38. The Kier molecular flexibility index (Phi) is 7.11. The molecule has 0 saturated carbocycles. The summed E-state index contributed by atoms with van der Waals surface area (Å²) in [5.41, 5.74) is 0. The van der Waals surface area contributed by atoms with E-state index in [2.05, 4.69) is 0 Å². The molecule has 0 heterocycles. The van der Waals surface area contributed by atoms with Crippen molar-refractivity contribution >= 4 is 50.0 Å². The van der Waals surface area contributed by atoms with Crippen LogP contribution in [0.2, 0.25) is 6.55 Å². The number of rotatable bonds is 2. The lowest BCUT2D eigenvalue weighted by Gasteiger charge is -2.00. The minimum Gasteiger partial charge on any atom is -0.249 e. The standard InChI is InChI=1S/C12H10OS.CH3Cl3Si/c13-14(11-7-3-1-4-8-11)12-9-5-2-6-10-12;1-5(2,3)4/h1-10H;1H3. The predicted octanol–water partition coefficient (Wildman–Crippen LogP) is 5.12. The topological polar surface area (TPSA) is 17.1 Å². The molecule has 0 aliphatic carbocycles. The normalized spacial score (nSPS) is 10.8. The van der Waals surface area contributed by atoms with E-state index in [0.717, 1.165) is 9.79 Å². The summed E-state index contributed by atoms with van der Waals surface area (Å²) < 4.78 is 12.0. The molecule has 0 unspecified atom stereocenters. The van der Waals surface area contributed by atoms with Gasteiger partial charge < -0.3 is 0 Å². The highest BCUT2D eigenvalue weighted by atomic mass is 35.8.